The molecule has 0 aliphatic rings. The number of unbranched alkanes of at least 4 members (excludes halogenated alkanes) is 18. The number of rotatable bonds is 26. The first-order chi connectivity index (χ1) is 20.8. The van der Waals surface area contributed by atoms with Gasteiger partial charge in [-0.3, -0.25) is 0 Å². The Morgan fingerprint density at radius 2 is 0.651 bits per heavy atom. The summed E-state index contributed by atoms with van der Waals surface area (Å²) in [5.41, 5.74) is 2.08. The highest BCUT2D eigenvalue weighted by atomic mass is 32.3. The molecule has 0 spiro atoms. The average Bonchev–Trinajstić information content (AvgIpc) is 2.99. The van der Waals surface area contributed by atoms with E-state index >= 15 is 0 Å². The third-order valence-electron chi connectivity index (χ3n) is 8.24. The fraction of sp³-hybridized carbons (Fsp3) is 0.667. The lowest BCUT2D eigenvalue weighted by atomic mass is 10.0. The van der Waals surface area contributed by atoms with E-state index in [0.29, 0.717) is 0 Å². The zero-order chi connectivity index (χ0) is 31.2. The van der Waals surface area contributed by atoms with E-state index in [0.717, 1.165) is 49.7 Å². The third kappa shape index (κ3) is 16.3. The van der Waals surface area contributed by atoms with Gasteiger partial charge in [0.05, 0.1) is 9.79 Å². The highest BCUT2D eigenvalue weighted by molar-refractivity contribution is 7.99. The maximum Gasteiger partial charge on any atom is 0.311 e. The minimum Gasteiger partial charge on any atom is -0.193 e. The first kappa shape index (κ1) is 37.5. The fourth-order valence-electron chi connectivity index (χ4n) is 5.48. The Morgan fingerprint density at radius 1 is 0.395 bits per heavy atom. The molecule has 0 aromatic heterocycles. The van der Waals surface area contributed by atoms with Crippen molar-refractivity contribution in [3.05, 3.63) is 59.7 Å². The quantitative estimate of drug-likeness (QED) is 0.0962. The van der Waals surface area contributed by atoms with Crippen molar-refractivity contribution >= 4 is 20.2 Å². The van der Waals surface area contributed by atoms with Gasteiger partial charge in [-0.05, 0) is 61.1 Å². The molecule has 0 unspecified atom stereocenters. The Kier molecular flexibility index (Phi) is 19.1. The van der Waals surface area contributed by atoms with Crippen molar-refractivity contribution in [2.45, 2.75) is 165 Å². The van der Waals surface area contributed by atoms with Crippen LogP contribution in [0.15, 0.2) is 58.3 Å². The highest BCUT2D eigenvalue weighted by Crippen LogP contribution is 2.22. The van der Waals surface area contributed by atoms with Crippen LogP contribution < -0.4 is 0 Å². The summed E-state index contributed by atoms with van der Waals surface area (Å²) in [5, 5.41) is 0. The van der Waals surface area contributed by atoms with Crippen LogP contribution in [-0.2, 0) is 36.7 Å². The number of aryl methyl sites for hydroxylation is 2. The van der Waals surface area contributed by atoms with Crippen molar-refractivity contribution in [2.75, 3.05) is 0 Å². The van der Waals surface area contributed by atoms with Crippen LogP contribution in [-0.4, -0.2) is 16.8 Å². The Labute approximate surface area is 264 Å². The molecule has 43 heavy (non-hydrogen) atoms. The Morgan fingerprint density at radius 3 is 0.930 bits per heavy atom. The lowest BCUT2D eigenvalue weighted by molar-refractivity contribution is 0.461. The SMILES string of the molecule is CCCCCCCCCCCCc1ccc(S(=O)(=O)OS(=O)(=O)c2ccc(CCCCCCCCCCCC)cc2)cc1. The van der Waals surface area contributed by atoms with Crippen LogP contribution in [0.2, 0.25) is 0 Å². The van der Waals surface area contributed by atoms with E-state index in [2.05, 4.69) is 13.8 Å². The predicted octanol–water partition coefficient (Wildman–Crippen LogP) is 10.7. The van der Waals surface area contributed by atoms with E-state index in [1.54, 1.807) is 24.3 Å². The second kappa shape index (κ2) is 21.9. The number of hydrogen-bond acceptors (Lipinski definition) is 5. The molecule has 0 heterocycles. The maximum absolute atomic E-state index is 12.8. The molecule has 244 valence electrons. The highest BCUT2D eigenvalue weighted by Gasteiger charge is 2.26. The van der Waals surface area contributed by atoms with E-state index in [1.807, 2.05) is 0 Å². The fourth-order valence-corrected chi connectivity index (χ4v) is 7.99. The van der Waals surface area contributed by atoms with Gasteiger partial charge in [-0.25, -0.2) is 0 Å². The molecule has 0 aliphatic carbocycles. The van der Waals surface area contributed by atoms with Gasteiger partial charge >= 0.3 is 20.2 Å². The zero-order valence-electron chi connectivity index (χ0n) is 27.0. The molecule has 0 atom stereocenters. The lowest BCUT2D eigenvalue weighted by Crippen LogP contribution is -2.14. The van der Waals surface area contributed by atoms with Gasteiger partial charge in [0.25, 0.3) is 0 Å². The molecule has 5 nitrogen and oxygen atoms in total. The first-order valence-electron chi connectivity index (χ1n) is 17.2. The molecule has 0 fully saturated rings. The van der Waals surface area contributed by atoms with E-state index in [-0.39, 0.29) is 9.79 Å². The summed E-state index contributed by atoms with van der Waals surface area (Å²) in [4.78, 5) is -0.305. The molecule has 0 N–H and O–H groups in total. The van der Waals surface area contributed by atoms with Crippen LogP contribution in [0.25, 0.3) is 0 Å². The summed E-state index contributed by atoms with van der Waals surface area (Å²) < 4.78 is 55.8. The minimum absolute atomic E-state index is 0.152. The van der Waals surface area contributed by atoms with Crippen molar-refractivity contribution in [3.63, 3.8) is 0 Å². The molecule has 0 radical (unpaired) electrons. The zero-order valence-corrected chi connectivity index (χ0v) is 28.7. The lowest BCUT2D eigenvalue weighted by Gasteiger charge is -2.09. The van der Waals surface area contributed by atoms with Crippen molar-refractivity contribution in [3.8, 4) is 0 Å². The van der Waals surface area contributed by atoms with Gasteiger partial charge in [0.15, 0.2) is 0 Å². The second-order valence-electron chi connectivity index (χ2n) is 12.1. The van der Waals surface area contributed by atoms with Gasteiger partial charge in [0, 0.05) is 0 Å². The van der Waals surface area contributed by atoms with Crippen molar-refractivity contribution in [1.29, 1.82) is 0 Å². The summed E-state index contributed by atoms with van der Waals surface area (Å²) in [6.45, 7) is 4.48. The smallest absolute Gasteiger partial charge is 0.193 e. The molecule has 0 saturated heterocycles. The molecule has 2 aromatic rings. The van der Waals surface area contributed by atoms with Crippen LogP contribution in [0.4, 0.5) is 0 Å². The van der Waals surface area contributed by atoms with Crippen LogP contribution >= 0.6 is 0 Å². The third-order valence-corrected chi connectivity index (χ3v) is 11.4. The minimum atomic E-state index is -4.46. The Hall–Kier alpha value is -1.70. The van der Waals surface area contributed by atoms with Gasteiger partial charge in [0.2, 0.25) is 0 Å². The van der Waals surface area contributed by atoms with E-state index < -0.39 is 20.2 Å². The molecule has 7 heteroatoms. The molecule has 0 amide bonds. The van der Waals surface area contributed by atoms with Crippen molar-refractivity contribution < 1.29 is 20.5 Å². The van der Waals surface area contributed by atoms with E-state index in [1.165, 1.54) is 127 Å². The molecule has 0 bridgehead atoms. The predicted molar refractivity (Wildman–Crippen MR) is 179 cm³/mol. The van der Waals surface area contributed by atoms with Gasteiger partial charge in [-0.15, -0.1) is 3.63 Å². The summed E-state index contributed by atoms with van der Waals surface area (Å²) in [5.74, 6) is 0. The monoisotopic (exact) mass is 634 g/mol. The first-order valence-corrected chi connectivity index (χ1v) is 20.0. The second-order valence-corrected chi connectivity index (χ2v) is 15.4. The van der Waals surface area contributed by atoms with Gasteiger partial charge in [-0.2, -0.15) is 16.8 Å². The van der Waals surface area contributed by atoms with Gasteiger partial charge in [0.1, 0.15) is 0 Å². The van der Waals surface area contributed by atoms with Crippen LogP contribution in [0.3, 0.4) is 0 Å². The van der Waals surface area contributed by atoms with Crippen molar-refractivity contribution in [2.24, 2.45) is 0 Å². The van der Waals surface area contributed by atoms with Gasteiger partial charge in [-0.1, -0.05) is 154 Å². The number of hydrogen-bond donors (Lipinski definition) is 0. The van der Waals surface area contributed by atoms with Crippen LogP contribution in [0, 0.1) is 0 Å². The average molecular weight is 635 g/mol. The molecular weight excluding hydrogens is 577 g/mol. The van der Waals surface area contributed by atoms with Crippen LogP contribution in [0.5, 0.6) is 0 Å². The maximum atomic E-state index is 12.8. The standard InChI is InChI=1S/C36H58O5S2/c1-3-5-7-9-11-13-15-17-19-21-23-33-25-29-35(30-26-33)42(37,38)41-43(39,40)36-31-27-34(28-32-36)24-22-20-18-16-14-12-10-8-6-4-2/h25-32H,3-24H2,1-2H3. The molecule has 0 saturated carbocycles. The number of benzene rings is 2. The van der Waals surface area contributed by atoms with E-state index in [4.69, 9.17) is 3.63 Å². The summed E-state index contributed by atoms with van der Waals surface area (Å²) in [6.07, 6.45) is 27.1. The Balaban J connectivity index is 1.70. The van der Waals surface area contributed by atoms with Crippen molar-refractivity contribution in [1.82, 2.24) is 0 Å². The summed E-state index contributed by atoms with van der Waals surface area (Å²) >= 11 is 0. The Bertz CT molecular complexity index is 1090. The van der Waals surface area contributed by atoms with Crippen LogP contribution in [0.1, 0.15) is 153 Å². The normalized spacial score (nSPS) is 12.1. The van der Waals surface area contributed by atoms with Gasteiger partial charge < -0.3 is 0 Å². The summed E-state index contributed by atoms with van der Waals surface area (Å²) in [7, 11) is -8.91. The topological polar surface area (TPSA) is 77.5 Å². The largest absolute Gasteiger partial charge is 0.311 e. The summed E-state index contributed by atoms with van der Waals surface area (Å²) in [6, 6.07) is 12.7. The molecule has 0 aliphatic heterocycles. The van der Waals surface area contributed by atoms with E-state index in [9.17, 15) is 16.8 Å². The molecular formula is C36H58O5S2. The molecule has 2 rings (SSSR count). The molecule has 2 aromatic carbocycles.